The predicted molar refractivity (Wildman–Crippen MR) is 233 cm³/mol. The minimum absolute atomic E-state index is 0.531. The topological polar surface area (TPSA) is 16.4 Å². The van der Waals surface area contributed by atoms with Crippen LogP contribution in [0.1, 0.15) is 27.8 Å². The van der Waals surface area contributed by atoms with E-state index in [2.05, 4.69) is 212 Å². The zero-order chi connectivity index (χ0) is 37.2. The van der Waals surface area contributed by atoms with Crippen molar-refractivity contribution in [1.82, 2.24) is 0 Å². The van der Waals surface area contributed by atoms with Gasteiger partial charge in [-0.1, -0.05) is 164 Å². The van der Waals surface area contributed by atoms with E-state index in [1.165, 1.54) is 60.8 Å². The quantitative estimate of drug-likeness (QED) is 0.170. The van der Waals surface area contributed by atoms with E-state index in [-0.39, 0.29) is 0 Å². The molecular formula is C54H37NO. The van der Waals surface area contributed by atoms with Crippen LogP contribution < -0.4 is 4.90 Å². The molecular weight excluding hydrogens is 679 g/mol. The molecule has 1 aliphatic rings. The van der Waals surface area contributed by atoms with E-state index in [1.54, 1.807) is 0 Å². The van der Waals surface area contributed by atoms with E-state index in [0.717, 1.165) is 39.0 Å². The fraction of sp³-hybridized carbons (Fsp3) is 0.0370. The van der Waals surface area contributed by atoms with Crippen molar-refractivity contribution in [3.05, 3.63) is 234 Å². The van der Waals surface area contributed by atoms with Gasteiger partial charge in [-0.05, 0) is 105 Å². The van der Waals surface area contributed by atoms with Gasteiger partial charge in [-0.15, -0.1) is 0 Å². The van der Waals surface area contributed by atoms with Crippen LogP contribution in [-0.2, 0) is 5.41 Å². The molecule has 9 aromatic carbocycles. The van der Waals surface area contributed by atoms with Gasteiger partial charge in [0.25, 0.3) is 0 Å². The standard InChI is InChI=1S/C54H37NO/c1-36-16-15-26-47-52(36)45-31-29-42(35-48(45)54(47,39-20-7-3-8-21-39)40-22-9-4-10-23-40)55(41-30-33-51-46(34-41)44-25-13-14-27-50(44)56-51)49-32-28-37-17-11-12-24-43(37)53(49)38-18-5-2-6-19-38/h2-35H,1H3. The number of fused-ring (bicyclic) bond motifs is 7. The van der Waals surface area contributed by atoms with E-state index in [0.29, 0.717) is 0 Å². The molecule has 10 aromatic rings. The van der Waals surface area contributed by atoms with Crippen LogP contribution in [0.5, 0.6) is 0 Å². The number of furan rings is 1. The number of nitrogens with zero attached hydrogens (tertiary/aromatic N) is 1. The largest absolute Gasteiger partial charge is 0.456 e. The molecule has 0 radical (unpaired) electrons. The lowest BCUT2D eigenvalue weighted by atomic mass is 9.67. The first-order chi connectivity index (χ1) is 27.7. The SMILES string of the molecule is Cc1cccc2c1-c1ccc(N(c3ccc4oc5ccccc5c4c3)c3ccc4ccccc4c3-c3ccccc3)cc1C2(c1ccccc1)c1ccccc1. The summed E-state index contributed by atoms with van der Waals surface area (Å²) in [5, 5.41) is 4.62. The molecule has 2 heteroatoms. The molecule has 1 aliphatic carbocycles. The Labute approximate surface area is 326 Å². The normalized spacial score (nSPS) is 12.9. The highest BCUT2D eigenvalue weighted by Gasteiger charge is 2.47. The number of aryl methyl sites for hydroxylation is 1. The van der Waals surface area contributed by atoms with E-state index in [1.807, 2.05) is 6.07 Å². The zero-order valence-corrected chi connectivity index (χ0v) is 31.0. The van der Waals surface area contributed by atoms with Gasteiger partial charge in [-0.2, -0.15) is 0 Å². The second-order valence-corrected chi connectivity index (χ2v) is 14.9. The Morgan fingerprint density at radius 3 is 1.82 bits per heavy atom. The zero-order valence-electron chi connectivity index (χ0n) is 31.0. The van der Waals surface area contributed by atoms with Crippen LogP contribution in [0.4, 0.5) is 17.1 Å². The van der Waals surface area contributed by atoms with Gasteiger partial charge in [0.05, 0.1) is 11.1 Å². The van der Waals surface area contributed by atoms with Crippen molar-refractivity contribution in [2.45, 2.75) is 12.3 Å². The fourth-order valence-corrected chi connectivity index (χ4v) is 9.48. The summed E-state index contributed by atoms with van der Waals surface area (Å²) in [5.74, 6) is 0. The molecule has 1 heterocycles. The van der Waals surface area contributed by atoms with Crippen molar-refractivity contribution in [2.75, 3.05) is 4.90 Å². The number of hydrogen-bond donors (Lipinski definition) is 0. The third-order valence-electron chi connectivity index (χ3n) is 11.9. The van der Waals surface area contributed by atoms with Gasteiger partial charge >= 0.3 is 0 Å². The molecule has 0 spiro atoms. The molecule has 0 fully saturated rings. The highest BCUT2D eigenvalue weighted by Crippen LogP contribution is 2.58. The van der Waals surface area contributed by atoms with Gasteiger partial charge < -0.3 is 9.32 Å². The lowest BCUT2D eigenvalue weighted by Crippen LogP contribution is -2.28. The molecule has 11 rings (SSSR count). The van der Waals surface area contributed by atoms with Gasteiger partial charge in [0.1, 0.15) is 11.2 Å². The molecule has 264 valence electrons. The lowest BCUT2D eigenvalue weighted by molar-refractivity contribution is 0.669. The minimum atomic E-state index is -0.531. The molecule has 0 atom stereocenters. The summed E-state index contributed by atoms with van der Waals surface area (Å²) < 4.78 is 6.36. The molecule has 0 amide bonds. The van der Waals surface area contributed by atoms with E-state index in [9.17, 15) is 0 Å². The van der Waals surface area contributed by atoms with Crippen molar-refractivity contribution >= 4 is 49.8 Å². The maximum absolute atomic E-state index is 6.36. The minimum Gasteiger partial charge on any atom is -0.456 e. The van der Waals surface area contributed by atoms with Crippen LogP contribution in [0.3, 0.4) is 0 Å². The van der Waals surface area contributed by atoms with Gasteiger partial charge in [-0.3, -0.25) is 0 Å². The monoisotopic (exact) mass is 715 g/mol. The maximum atomic E-state index is 6.36. The number of para-hydroxylation sites is 1. The second kappa shape index (κ2) is 12.7. The van der Waals surface area contributed by atoms with E-state index >= 15 is 0 Å². The molecule has 2 nitrogen and oxygen atoms in total. The molecule has 56 heavy (non-hydrogen) atoms. The summed E-state index contributed by atoms with van der Waals surface area (Å²) in [5.41, 5.74) is 15.8. The van der Waals surface area contributed by atoms with Gasteiger partial charge in [0.2, 0.25) is 0 Å². The van der Waals surface area contributed by atoms with Gasteiger partial charge in [0.15, 0.2) is 0 Å². The Hall–Kier alpha value is -7.16. The van der Waals surface area contributed by atoms with Gasteiger partial charge in [-0.25, -0.2) is 0 Å². The molecule has 0 saturated carbocycles. The molecule has 1 aromatic heterocycles. The van der Waals surface area contributed by atoms with Crippen molar-refractivity contribution in [2.24, 2.45) is 0 Å². The Morgan fingerprint density at radius 2 is 1.05 bits per heavy atom. The van der Waals surface area contributed by atoms with Crippen molar-refractivity contribution in [3.8, 4) is 22.3 Å². The van der Waals surface area contributed by atoms with Crippen LogP contribution in [0.15, 0.2) is 211 Å². The Kier molecular flexibility index (Phi) is 7.33. The second-order valence-electron chi connectivity index (χ2n) is 14.9. The molecule has 0 bridgehead atoms. The smallest absolute Gasteiger partial charge is 0.135 e. The van der Waals surface area contributed by atoms with E-state index in [4.69, 9.17) is 4.42 Å². The maximum Gasteiger partial charge on any atom is 0.135 e. The predicted octanol–water partition coefficient (Wildman–Crippen LogP) is 14.5. The molecule has 0 saturated heterocycles. The first-order valence-electron chi connectivity index (χ1n) is 19.3. The first-order valence-corrected chi connectivity index (χ1v) is 19.3. The fourth-order valence-electron chi connectivity index (χ4n) is 9.48. The average Bonchev–Trinajstić information content (AvgIpc) is 3.78. The highest BCUT2D eigenvalue weighted by molar-refractivity contribution is 6.09. The van der Waals surface area contributed by atoms with Crippen LogP contribution in [0, 0.1) is 6.92 Å². The third kappa shape index (κ3) is 4.76. The van der Waals surface area contributed by atoms with E-state index < -0.39 is 5.41 Å². The summed E-state index contributed by atoms with van der Waals surface area (Å²) >= 11 is 0. The van der Waals surface area contributed by atoms with Crippen molar-refractivity contribution in [1.29, 1.82) is 0 Å². The summed E-state index contributed by atoms with van der Waals surface area (Å²) in [6, 6.07) is 75.2. The summed E-state index contributed by atoms with van der Waals surface area (Å²) in [6.07, 6.45) is 0. The summed E-state index contributed by atoms with van der Waals surface area (Å²) in [6.45, 7) is 2.25. The molecule has 0 N–H and O–H groups in total. The highest BCUT2D eigenvalue weighted by atomic mass is 16.3. The Morgan fingerprint density at radius 1 is 0.429 bits per heavy atom. The van der Waals surface area contributed by atoms with Crippen LogP contribution in [-0.4, -0.2) is 0 Å². The van der Waals surface area contributed by atoms with Crippen LogP contribution >= 0.6 is 0 Å². The number of rotatable bonds is 6. The summed E-state index contributed by atoms with van der Waals surface area (Å²) in [4.78, 5) is 2.47. The number of anilines is 3. The first kappa shape index (κ1) is 32.3. The van der Waals surface area contributed by atoms with Crippen molar-refractivity contribution in [3.63, 3.8) is 0 Å². The summed E-state index contributed by atoms with van der Waals surface area (Å²) in [7, 11) is 0. The van der Waals surface area contributed by atoms with Crippen LogP contribution in [0.25, 0.3) is 55.0 Å². The van der Waals surface area contributed by atoms with Crippen LogP contribution in [0.2, 0.25) is 0 Å². The van der Waals surface area contributed by atoms with Crippen molar-refractivity contribution < 1.29 is 4.42 Å². The number of hydrogen-bond acceptors (Lipinski definition) is 2. The lowest BCUT2D eigenvalue weighted by Gasteiger charge is -2.35. The molecule has 0 unspecified atom stereocenters. The Balaban J connectivity index is 1.25. The number of benzene rings is 9. The molecule has 0 aliphatic heterocycles. The van der Waals surface area contributed by atoms with Gasteiger partial charge in [0, 0.05) is 27.7 Å². The average molecular weight is 716 g/mol. The Bertz CT molecular complexity index is 3050. The third-order valence-corrected chi connectivity index (χ3v) is 11.9.